The minimum Gasteiger partial charge on any atom is -0.361 e. The second-order valence-electron chi connectivity index (χ2n) is 7.92. The number of hydrogen-bond donors (Lipinski definition) is 1. The van der Waals surface area contributed by atoms with E-state index in [9.17, 15) is 0 Å². The normalized spacial score (nSPS) is 11.4. The average molecular weight is 591 g/mol. The van der Waals surface area contributed by atoms with Gasteiger partial charge in [0.15, 0.2) is 0 Å². The molecule has 0 fully saturated rings. The van der Waals surface area contributed by atoms with Gasteiger partial charge in [0.05, 0.1) is 20.8 Å². The van der Waals surface area contributed by atoms with E-state index in [0.717, 1.165) is 12.7 Å². The van der Waals surface area contributed by atoms with Crippen molar-refractivity contribution in [2.24, 2.45) is 0 Å². The van der Waals surface area contributed by atoms with Crippen LogP contribution in [0.4, 0.5) is 0 Å². The number of aromatic amines is 1. The molecule has 4 aromatic heterocycles. The molecule has 0 bridgehead atoms. The quantitative estimate of drug-likeness (QED) is 0.109. The Kier molecular flexibility index (Phi) is 10.1. The Bertz CT molecular complexity index is 1260. The van der Waals surface area contributed by atoms with Crippen molar-refractivity contribution < 1.29 is 4.74 Å². The van der Waals surface area contributed by atoms with Gasteiger partial charge in [0.25, 0.3) is 0 Å². The second kappa shape index (κ2) is 11.7. The van der Waals surface area contributed by atoms with E-state index in [1.807, 2.05) is 0 Å². The van der Waals surface area contributed by atoms with Crippen molar-refractivity contribution in [2.75, 3.05) is 6.61 Å². The van der Waals surface area contributed by atoms with Gasteiger partial charge >= 0.3 is 0 Å². The number of aromatic nitrogens is 6. The highest BCUT2D eigenvalue weighted by atomic mass is 35.5. The van der Waals surface area contributed by atoms with E-state index in [2.05, 4.69) is 44.6 Å². The molecular weight excluding hydrogens is 569 g/mol. The molecule has 1 N–H and O–H groups in total. The van der Waals surface area contributed by atoms with Gasteiger partial charge in [-0.3, -0.25) is 0 Å². The molecule has 14 heteroatoms. The molecule has 0 aliphatic rings. The van der Waals surface area contributed by atoms with Crippen LogP contribution in [0.15, 0.2) is 12.4 Å². The van der Waals surface area contributed by atoms with Crippen LogP contribution in [-0.2, 0) is 11.5 Å². The molecule has 0 radical (unpaired) electrons. The first-order valence-electron chi connectivity index (χ1n) is 9.27. The summed E-state index contributed by atoms with van der Waals surface area (Å²) in [4.78, 5) is 18.5. The van der Waals surface area contributed by atoms with Gasteiger partial charge in [-0.1, -0.05) is 73.5 Å². The predicted octanol–water partition coefficient (Wildman–Crippen LogP) is 8.26. The molecular formula is C19H22Cl6N6OSi. The second-order valence-corrected chi connectivity index (χ2v) is 15.7. The third-order valence-electron chi connectivity index (χ3n) is 4.24. The highest BCUT2D eigenvalue weighted by Crippen LogP contribution is 2.31. The molecule has 0 aromatic carbocycles. The highest BCUT2D eigenvalue weighted by molar-refractivity contribution is 6.76. The number of nitrogens with one attached hydrogen (secondary N) is 1. The van der Waals surface area contributed by atoms with Crippen molar-refractivity contribution >= 4 is 99.7 Å². The number of rotatable bonds is 5. The highest BCUT2D eigenvalue weighted by Gasteiger charge is 2.16. The molecule has 0 saturated carbocycles. The summed E-state index contributed by atoms with van der Waals surface area (Å²) in [5.41, 5.74) is 1.14. The standard InChI is InChI=1S/C12H16Cl3N3OSi.C6H2Cl3N3.CH4/c1-20(2,3)5-4-19-7-18-6-8(13)9-10(14)16-12(15)17-11(9)18;7-2-1-10-5-3(2)4(8)11-6(9)12-5;/h6H,4-5,7H2,1-3H3;1H,(H,10,11,12);1H4. The molecule has 0 aliphatic carbocycles. The van der Waals surface area contributed by atoms with E-state index >= 15 is 0 Å². The Balaban J connectivity index is 0.000000253. The van der Waals surface area contributed by atoms with E-state index < -0.39 is 8.07 Å². The van der Waals surface area contributed by atoms with Gasteiger partial charge in [-0.05, 0) is 29.2 Å². The van der Waals surface area contributed by atoms with E-state index in [4.69, 9.17) is 74.3 Å². The van der Waals surface area contributed by atoms with Crippen molar-refractivity contribution in [3.05, 3.63) is 43.3 Å². The average Bonchev–Trinajstić information content (AvgIpc) is 3.18. The fourth-order valence-corrected chi connectivity index (χ4v) is 4.98. The van der Waals surface area contributed by atoms with E-state index in [0.29, 0.717) is 38.8 Å². The lowest BCUT2D eigenvalue weighted by atomic mass is 10.4. The monoisotopic (exact) mass is 588 g/mol. The summed E-state index contributed by atoms with van der Waals surface area (Å²) in [6.45, 7) is 8.03. The Morgan fingerprint density at radius 3 is 2.12 bits per heavy atom. The smallest absolute Gasteiger partial charge is 0.225 e. The number of ether oxygens (including phenoxy) is 1. The third-order valence-corrected chi connectivity index (χ3v) is 7.41. The van der Waals surface area contributed by atoms with Crippen LogP contribution in [0.1, 0.15) is 7.43 Å². The van der Waals surface area contributed by atoms with Gasteiger partial charge in [-0.15, -0.1) is 0 Å². The lowest BCUT2D eigenvalue weighted by Crippen LogP contribution is -2.22. The molecule has 0 aliphatic heterocycles. The van der Waals surface area contributed by atoms with Gasteiger partial charge in [0.2, 0.25) is 10.6 Å². The van der Waals surface area contributed by atoms with Crippen LogP contribution in [-0.4, -0.2) is 44.2 Å². The molecule has 7 nitrogen and oxygen atoms in total. The number of nitrogens with zero attached hydrogens (tertiary/aromatic N) is 5. The van der Waals surface area contributed by atoms with E-state index in [1.165, 1.54) is 0 Å². The first kappa shape index (κ1) is 28.4. The van der Waals surface area contributed by atoms with Crippen molar-refractivity contribution in [3.63, 3.8) is 0 Å². The van der Waals surface area contributed by atoms with E-state index in [1.54, 1.807) is 17.0 Å². The summed E-state index contributed by atoms with van der Waals surface area (Å²) in [6, 6.07) is 1.11. The summed E-state index contributed by atoms with van der Waals surface area (Å²) < 4.78 is 7.48. The fraction of sp³-hybridized carbons (Fsp3) is 0.368. The van der Waals surface area contributed by atoms with Crippen LogP contribution in [0.2, 0.25) is 56.6 Å². The number of fused-ring (bicyclic) bond motifs is 2. The largest absolute Gasteiger partial charge is 0.361 e. The van der Waals surface area contributed by atoms with Crippen molar-refractivity contribution in [3.8, 4) is 0 Å². The predicted molar refractivity (Wildman–Crippen MR) is 142 cm³/mol. The Morgan fingerprint density at radius 2 is 1.48 bits per heavy atom. The molecule has 0 saturated heterocycles. The zero-order valence-corrected chi connectivity index (χ0v) is 22.7. The SMILES string of the molecule is C.C[Si](C)(C)CCOCn1cc(Cl)c2c(Cl)nc(Cl)nc21.Clc1nc(Cl)c2c(Cl)c[nH]c2n1. The summed E-state index contributed by atoms with van der Waals surface area (Å²) in [5.74, 6) is 0. The van der Waals surface area contributed by atoms with E-state index in [-0.39, 0.29) is 28.3 Å². The number of H-pyrrole nitrogens is 1. The summed E-state index contributed by atoms with van der Waals surface area (Å²) in [7, 11) is -1.09. The maximum absolute atomic E-state index is 6.14. The third kappa shape index (κ3) is 7.32. The maximum Gasteiger partial charge on any atom is 0.225 e. The topological polar surface area (TPSA) is 81.5 Å². The minimum atomic E-state index is -1.09. The first-order valence-corrected chi connectivity index (χ1v) is 15.2. The number of hydrogen-bond acceptors (Lipinski definition) is 5. The van der Waals surface area contributed by atoms with Crippen LogP contribution in [0.5, 0.6) is 0 Å². The molecule has 0 atom stereocenters. The maximum atomic E-state index is 6.14. The molecule has 0 amide bonds. The van der Waals surface area contributed by atoms with Gasteiger partial charge in [-0.25, -0.2) is 9.97 Å². The minimum absolute atomic E-state index is 0. The fourth-order valence-electron chi connectivity index (χ4n) is 2.64. The van der Waals surface area contributed by atoms with Crippen LogP contribution >= 0.6 is 69.6 Å². The molecule has 0 spiro atoms. The van der Waals surface area contributed by atoms with Crippen LogP contribution in [0.25, 0.3) is 22.1 Å². The molecule has 4 aromatic rings. The van der Waals surface area contributed by atoms with Gasteiger partial charge in [0.1, 0.15) is 28.3 Å². The van der Waals surface area contributed by atoms with Crippen LogP contribution in [0, 0.1) is 0 Å². The van der Waals surface area contributed by atoms with Crippen molar-refractivity contribution in [1.82, 2.24) is 29.5 Å². The Labute approximate surface area is 222 Å². The Hall–Kier alpha value is -0.843. The summed E-state index contributed by atoms with van der Waals surface area (Å²) in [5, 5.41) is 2.91. The molecule has 33 heavy (non-hydrogen) atoms. The molecule has 4 rings (SSSR count). The van der Waals surface area contributed by atoms with Crippen molar-refractivity contribution in [2.45, 2.75) is 39.8 Å². The lowest BCUT2D eigenvalue weighted by Gasteiger charge is -2.15. The summed E-state index contributed by atoms with van der Waals surface area (Å²) in [6.07, 6.45) is 3.32. The van der Waals surface area contributed by atoms with Crippen LogP contribution < -0.4 is 0 Å². The summed E-state index contributed by atoms with van der Waals surface area (Å²) >= 11 is 35.1. The molecule has 4 heterocycles. The Morgan fingerprint density at radius 1 is 0.879 bits per heavy atom. The first-order chi connectivity index (χ1) is 15.0. The molecule has 0 unspecified atom stereocenters. The molecule has 180 valence electrons. The number of halogens is 6. The van der Waals surface area contributed by atoms with Crippen molar-refractivity contribution in [1.29, 1.82) is 0 Å². The zero-order chi connectivity index (χ0) is 23.6. The van der Waals surface area contributed by atoms with Gasteiger partial charge < -0.3 is 14.3 Å². The van der Waals surface area contributed by atoms with Gasteiger partial charge in [0, 0.05) is 27.1 Å². The zero-order valence-electron chi connectivity index (χ0n) is 17.2. The van der Waals surface area contributed by atoms with Crippen LogP contribution in [0.3, 0.4) is 0 Å². The lowest BCUT2D eigenvalue weighted by molar-refractivity contribution is 0.0899. The van der Waals surface area contributed by atoms with Gasteiger partial charge in [-0.2, -0.15) is 9.97 Å².